The number of alkyl halides is 2. The van der Waals surface area contributed by atoms with E-state index in [0.717, 1.165) is 6.42 Å². The summed E-state index contributed by atoms with van der Waals surface area (Å²) in [5, 5.41) is 12.2. The molecule has 0 aliphatic carbocycles. The van der Waals surface area contributed by atoms with Crippen molar-refractivity contribution in [1.82, 2.24) is 10.2 Å². The first kappa shape index (κ1) is 15.5. The first-order valence-corrected chi connectivity index (χ1v) is 6.80. The topological polar surface area (TPSA) is 61.8 Å². The Morgan fingerprint density at radius 1 is 1.48 bits per heavy atom. The summed E-state index contributed by atoms with van der Waals surface area (Å²) in [6.45, 7) is -1.94. The number of nitrogens with zero attached hydrogens (tertiary/aromatic N) is 1. The maximum atomic E-state index is 12.3. The SMILES string of the molecule is O=C(NCc1ccccc1OC(F)F)N1CCCC(O)C1. The average Bonchev–Trinajstić information content (AvgIpc) is 2.45. The molecule has 1 unspecified atom stereocenters. The summed E-state index contributed by atoms with van der Waals surface area (Å²) in [6.07, 6.45) is 0.938. The molecule has 1 aromatic rings. The number of benzene rings is 1. The lowest BCUT2D eigenvalue weighted by atomic mass is 10.1. The number of β-amino-alcohol motifs (C(OH)–C–C–N with tert-alkyl or cyclic N) is 1. The van der Waals surface area contributed by atoms with Crippen LogP contribution in [0.1, 0.15) is 18.4 Å². The van der Waals surface area contributed by atoms with Crippen LogP contribution in [0.5, 0.6) is 5.75 Å². The highest BCUT2D eigenvalue weighted by atomic mass is 19.3. The van der Waals surface area contributed by atoms with Crippen LogP contribution >= 0.6 is 0 Å². The van der Waals surface area contributed by atoms with Gasteiger partial charge in [-0.1, -0.05) is 18.2 Å². The minimum absolute atomic E-state index is 0.0477. The van der Waals surface area contributed by atoms with Crippen molar-refractivity contribution in [3.63, 3.8) is 0 Å². The lowest BCUT2D eigenvalue weighted by molar-refractivity contribution is -0.0504. The van der Waals surface area contributed by atoms with Crippen LogP contribution in [0, 0.1) is 0 Å². The second-order valence-corrected chi connectivity index (χ2v) is 4.89. The van der Waals surface area contributed by atoms with E-state index in [1.807, 2.05) is 0 Å². The molecule has 7 heteroatoms. The lowest BCUT2D eigenvalue weighted by Gasteiger charge is -2.30. The number of hydrogen-bond acceptors (Lipinski definition) is 3. The summed E-state index contributed by atoms with van der Waals surface area (Å²) in [4.78, 5) is 13.5. The third-order valence-corrected chi connectivity index (χ3v) is 3.30. The van der Waals surface area contributed by atoms with Gasteiger partial charge in [-0.25, -0.2) is 4.79 Å². The second kappa shape index (κ2) is 7.21. The fourth-order valence-corrected chi connectivity index (χ4v) is 2.28. The molecule has 1 atom stereocenters. The Balaban J connectivity index is 1.91. The normalized spacial score (nSPS) is 18.7. The van der Waals surface area contributed by atoms with Gasteiger partial charge in [0.25, 0.3) is 0 Å². The highest BCUT2D eigenvalue weighted by Gasteiger charge is 2.22. The van der Waals surface area contributed by atoms with E-state index < -0.39 is 12.7 Å². The van der Waals surface area contributed by atoms with Crippen LogP contribution in [0.15, 0.2) is 24.3 Å². The van der Waals surface area contributed by atoms with E-state index in [4.69, 9.17) is 0 Å². The van der Waals surface area contributed by atoms with Crippen molar-refractivity contribution in [2.24, 2.45) is 0 Å². The van der Waals surface area contributed by atoms with Crippen molar-refractivity contribution >= 4 is 6.03 Å². The van der Waals surface area contributed by atoms with Crippen LogP contribution in [0.2, 0.25) is 0 Å². The molecule has 0 bridgehead atoms. The maximum Gasteiger partial charge on any atom is 0.387 e. The molecule has 0 spiro atoms. The number of aliphatic hydroxyl groups excluding tert-OH is 1. The summed E-state index contributed by atoms with van der Waals surface area (Å²) in [5.74, 6) is 0.0477. The third-order valence-electron chi connectivity index (χ3n) is 3.30. The van der Waals surface area contributed by atoms with E-state index in [1.165, 1.54) is 11.0 Å². The zero-order valence-corrected chi connectivity index (χ0v) is 11.5. The average molecular weight is 300 g/mol. The van der Waals surface area contributed by atoms with E-state index in [1.54, 1.807) is 18.2 Å². The molecular formula is C14H18F2N2O3. The Morgan fingerprint density at radius 3 is 2.95 bits per heavy atom. The molecule has 21 heavy (non-hydrogen) atoms. The standard InChI is InChI=1S/C14H18F2N2O3/c15-13(16)21-12-6-2-1-4-10(12)8-17-14(20)18-7-3-5-11(19)9-18/h1-2,4,6,11,13,19H,3,5,7-9H2,(H,17,20). The largest absolute Gasteiger partial charge is 0.434 e. The van der Waals surface area contributed by atoms with Gasteiger partial charge in [0.2, 0.25) is 0 Å². The zero-order chi connectivity index (χ0) is 15.2. The first-order chi connectivity index (χ1) is 10.1. The number of likely N-dealkylation sites (tertiary alicyclic amines) is 1. The van der Waals surface area contributed by atoms with Gasteiger partial charge in [-0.2, -0.15) is 8.78 Å². The van der Waals surface area contributed by atoms with E-state index in [9.17, 15) is 18.7 Å². The number of carbonyl (C=O) groups is 1. The Morgan fingerprint density at radius 2 is 2.24 bits per heavy atom. The predicted molar refractivity (Wildman–Crippen MR) is 72.1 cm³/mol. The molecule has 2 rings (SSSR count). The highest BCUT2D eigenvalue weighted by Crippen LogP contribution is 2.20. The number of piperidine rings is 1. The summed E-state index contributed by atoms with van der Waals surface area (Å²) < 4.78 is 29.0. The Bertz CT molecular complexity index is 485. The molecule has 0 radical (unpaired) electrons. The number of ether oxygens (including phenoxy) is 1. The number of nitrogens with one attached hydrogen (secondary N) is 1. The van der Waals surface area contributed by atoms with Crippen LogP contribution < -0.4 is 10.1 Å². The minimum Gasteiger partial charge on any atom is -0.434 e. The van der Waals surface area contributed by atoms with Crippen molar-refractivity contribution in [1.29, 1.82) is 0 Å². The molecule has 0 aromatic heterocycles. The number of para-hydroxylation sites is 1. The number of halogens is 2. The summed E-state index contributed by atoms with van der Waals surface area (Å²) in [5.41, 5.74) is 0.476. The van der Waals surface area contributed by atoms with Gasteiger partial charge in [-0.15, -0.1) is 0 Å². The number of carbonyl (C=O) groups excluding carboxylic acids is 1. The van der Waals surface area contributed by atoms with Gasteiger partial charge in [0, 0.05) is 25.2 Å². The number of amides is 2. The van der Waals surface area contributed by atoms with Crippen molar-refractivity contribution in [2.75, 3.05) is 13.1 Å². The molecule has 116 valence electrons. The molecule has 2 N–H and O–H groups in total. The highest BCUT2D eigenvalue weighted by molar-refractivity contribution is 5.74. The molecule has 1 fully saturated rings. The smallest absolute Gasteiger partial charge is 0.387 e. The predicted octanol–water partition coefficient (Wildman–Crippen LogP) is 1.95. The van der Waals surface area contributed by atoms with Gasteiger partial charge in [-0.3, -0.25) is 0 Å². The van der Waals surface area contributed by atoms with Crippen molar-refractivity contribution in [3.05, 3.63) is 29.8 Å². The van der Waals surface area contributed by atoms with Crippen LogP contribution in [0.25, 0.3) is 0 Å². The van der Waals surface area contributed by atoms with Crippen LogP contribution in [-0.4, -0.2) is 41.8 Å². The number of urea groups is 1. The molecular weight excluding hydrogens is 282 g/mol. The molecule has 1 heterocycles. The number of hydrogen-bond donors (Lipinski definition) is 2. The van der Waals surface area contributed by atoms with E-state index >= 15 is 0 Å². The van der Waals surface area contributed by atoms with Gasteiger partial charge in [-0.05, 0) is 18.9 Å². The van der Waals surface area contributed by atoms with E-state index in [2.05, 4.69) is 10.1 Å². The molecule has 2 amide bonds. The first-order valence-electron chi connectivity index (χ1n) is 6.80. The van der Waals surface area contributed by atoms with Crippen LogP contribution in [0.3, 0.4) is 0 Å². The maximum absolute atomic E-state index is 12.3. The van der Waals surface area contributed by atoms with Crippen LogP contribution in [0.4, 0.5) is 13.6 Å². The summed E-state index contributed by atoms with van der Waals surface area (Å²) in [7, 11) is 0. The lowest BCUT2D eigenvalue weighted by Crippen LogP contribution is -2.46. The molecule has 1 aliphatic heterocycles. The second-order valence-electron chi connectivity index (χ2n) is 4.89. The van der Waals surface area contributed by atoms with Gasteiger partial charge < -0.3 is 20.1 Å². The molecule has 1 aliphatic rings. The molecule has 0 saturated carbocycles. The van der Waals surface area contributed by atoms with Crippen molar-refractivity contribution in [2.45, 2.75) is 32.1 Å². The molecule has 5 nitrogen and oxygen atoms in total. The van der Waals surface area contributed by atoms with Gasteiger partial charge in [0.1, 0.15) is 5.75 Å². The van der Waals surface area contributed by atoms with E-state index in [-0.39, 0.29) is 18.3 Å². The van der Waals surface area contributed by atoms with Gasteiger partial charge in [0.15, 0.2) is 0 Å². The molecule has 1 aromatic carbocycles. The van der Waals surface area contributed by atoms with Gasteiger partial charge >= 0.3 is 12.6 Å². The summed E-state index contributed by atoms with van der Waals surface area (Å²) in [6, 6.07) is 6.00. The zero-order valence-electron chi connectivity index (χ0n) is 11.5. The van der Waals surface area contributed by atoms with E-state index in [0.29, 0.717) is 25.1 Å². The fraction of sp³-hybridized carbons (Fsp3) is 0.500. The Kier molecular flexibility index (Phi) is 5.32. The quantitative estimate of drug-likeness (QED) is 0.893. The number of rotatable bonds is 4. The monoisotopic (exact) mass is 300 g/mol. The van der Waals surface area contributed by atoms with Crippen molar-refractivity contribution in [3.8, 4) is 5.75 Å². The van der Waals surface area contributed by atoms with Crippen LogP contribution in [-0.2, 0) is 6.54 Å². The Hall–Kier alpha value is -1.89. The Labute approximate surface area is 121 Å². The third kappa shape index (κ3) is 4.56. The summed E-state index contributed by atoms with van der Waals surface area (Å²) >= 11 is 0. The van der Waals surface area contributed by atoms with Gasteiger partial charge in [0.05, 0.1) is 6.10 Å². The van der Waals surface area contributed by atoms with Crippen molar-refractivity contribution < 1.29 is 23.4 Å². The molecule has 1 saturated heterocycles. The fourth-order valence-electron chi connectivity index (χ4n) is 2.28. The minimum atomic E-state index is -2.90. The number of aliphatic hydroxyl groups is 1.